The number of rotatable bonds is 6. The number of amides is 5. The summed E-state index contributed by atoms with van der Waals surface area (Å²) in [5.74, 6) is -4.31. The number of urea groups is 1. The van der Waals surface area contributed by atoms with E-state index < -0.39 is 66.5 Å². The maximum absolute atomic E-state index is 13.6. The first-order valence-corrected chi connectivity index (χ1v) is 11.7. The van der Waals surface area contributed by atoms with Crippen molar-refractivity contribution in [1.82, 2.24) is 15.1 Å². The predicted molar refractivity (Wildman–Crippen MR) is 125 cm³/mol. The van der Waals surface area contributed by atoms with Gasteiger partial charge in [-0.3, -0.25) is 9.59 Å². The standard InChI is InChI=1S/C25H23F5N4O5/c1-13(25(28,29)30)33(11-14-7-16(26)10-17(27)8-14)20(35)12-34-21(36)24(39-23(34)38)6-5-15-9-18(3-4-19(15)24)32-22(37)31-2/h3-4,7-10,13H,5-6,11-12H2,1-2H3,(H2,31,32,37)/t13-,24?/m0/s1. The van der Waals surface area contributed by atoms with Crippen LogP contribution >= 0.6 is 0 Å². The number of benzene rings is 2. The number of fused-ring (bicyclic) bond motifs is 2. The number of halogens is 5. The van der Waals surface area contributed by atoms with Crippen molar-refractivity contribution in [3.05, 3.63) is 64.7 Å². The van der Waals surface area contributed by atoms with Crippen LogP contribution in [-0.4, -0.2) is 59.5 Å². The average Bonchev–Trinajstić information content (AvgIpc) is 3.32. The maximum Gasteiger partial charge on any atom is 0.418 e. The van der Waals surface area contributed by atoms with Gasteiger partial charge < -0.3 is 20.3 Å². The van der Waals surface area contributed by atoms with E-state index in [0.29, 0.717) is 39.6 Å². The summed E-state index contributed by atoms with van der Waals surface area (Å²) in [6, 6.07) is 3.77. The average molecular weight is 554 g/mol. The molecule has 2 aliphatic rings. The molecule has 0 aromatic heterocycles. The van der Waals surface area contributed by atoms with Crippen LogP contribution in [0.1, 0.15) is 30.0 Å². The van der Waals surface area contributed by atoms with Gasteiger partial charge in [-0.2, -0.15) is 13.2 Å². The van der Waals surface area contributed by atoms with Crippen LogP contribution < -0.4 is 10.6 Å². The molecule has 0 saturated carbocycles. The smallest absolute Gasteiger partial charge is 0.418 e. The van der Waals surface area contributed by atoms with Gasteiger partial charge in [0, 0.05) is 37.3 Å². The van der Waals surface area contributed by atoms with Crippen LogP contribution in [0, 0.1) is 11.6 Å². The zero-order chi connectivity index (χ0) is 28.7. The molecular formula is C25H23F5N4O5. The van der Waals surface area contributed by atoms with E-state index in [9.17, 15) is 41.1 Å². The number of aryl methyl sites for hydroxylation is 1. The molecule has 4 rings (SSSR count). The fraction of sp³-hybridized carbons (Fsp3) is 0.360. The van der Waals surface area contributed by atoms with Crippen LogP contribution in [0.5, 0.6) is 0 Å². The van der Waals surface area contributed by atoms with Gasteiger partial charge in [0.2, 0.25) is 11.5 Å². The van der Waals surface area contributed by atoms with Crippen LogP contribution in [0.15, 0.2) is 36.4 Å². The molecule has 1 spiro atoms. The molecule has 208 valence electrons. The van der Waals surface area contributed by atoms with Gasteiger partial charge in [-0.25, -0.2) is 23.3 Å². The summed E-state index contributed by atoms with van der Waals surface area (Å²) in [6.45, 7) is -1.24. The third-order valence-corrected chi connectivity index (χ3v) is 6.67. The highest BCUT2D eigenvalue weighted by atomic mass is 19.4. The molecule has 0 bridgehead atoms. The fourth-order valence-corrected chi connectivity index (χ4v) is 4.67. The van der Waals surface area contributed by atoms with Gasteiger partial charge in [-0.15, -0.1) is 0 Å². The van der Waals surface area contributed by atoms with Crippen LogP contribution in [0.25, 0.3) is 0 Å². The van der Waals surface area contributed by atoms with Crippen molar-refractivity contribution in [3.8, 4) is 0 Å². The molecule has 2 atom stereocenters. The third-order valence-electron chi connectivity index (χ3n) is 6.67. The number of carbonyl (C=O) groups excluding carboxylic acids is 4. The molecule has 2 aromatic rings. The molecule has 14 heteroatoms. The SMILES string of the molecule is CNC(=O)Nc1ccc2c(c1)CCC21OC(=O)N(CC(=O)N(Cc2cc(F)cc(F)c2)[C@@H](C)C(F)(F)F)C1=O. The topological polar surface area (TPSA) is 108 Å². The summed E-state index contributed by atoms with van der Waals surface area (Å²) in [7, 11) is 1.43. The fourth-order valence-electron chi connectivity index (χ4n) is 4.67. The number of hydrogen-bond donors (Lipinski definition) is 2. The van der Waals surface area contributed by atoms with Crippen molar-refractivity contribution >= 4 is 29.6 Å². The Balaban J connectivity index is 1.58. The molecule has 0 radical (unpaired) electrons. The molecule has 5 amide bonds. The number of anilines is 1. The highest BCUT2D eigenvalue weighted by Gasteiger charge is 2.58. The largest absolute Gasteiger partial charge is 0.427 e. The van der Waals surface area contributed by atoms with Crippen LogP contribution in [0.4, 0.5) is 37.2 Å². The van der Waals surface area contributed by atoms with Crippen molar-refractivity contribution in [2.75, 3.05) is 18.9 Å². The Morgan fingerprint density at radius 3 is 2.41 bits per heavy atom. The van der Waals surface area contributed by atoms with E-state index >= 15 is 0 Å². The third kappa shape index (κ3) is 5.36. The first kappa shape index (κ1) is 27.8. The number of hydrogen-bond acceptors (Lipinski definition) is 5. The monoisotopic (exact) mass is 554 g/mol. The molecule has 2 N–H and O–H groups in total. The molecule has 1 aliphatic carbocycles. The lowest BCUT2D eigenvalue weighted by atomic mass is 9.94. The second kappa shape index (κ2) is 10.2. The van der Waals surface area contributed by atoms with Crippen molar-refractivity contribution < 1.29 is 45.9 Å². The minimum Gasteiger partial charge on any atom is -0.427 e. The molecule has 1 aliphatic heterocycles. The molecule has 9 nitrogen and oxygen atoms in total. The lowest BCUT2D eigenvalue weighted by Gasteiger charge is -2.31. The van der Waals surface area contributed by atoms with Gasteiger partial charge >= 0.3 is 18.3 Å². The van der Waals surface area contributed by atoms with E-state index in [4.69, 9.17) is 4.74 Å². The number of nitrogens with one attached hydrogen (secondary N) is 2. The Labute approximate surface area is 218 Å². The van der Waals surface area contributed by atoms with Crippen LogP contribution in [0.2, 0.25) is 0 Å². The first-order chi connectivity index (χ1) is 18.2. The van der Waals surface area contributed by atoms with Gasteiger partial charge in [0.05, 0.1) is 0 Å². The van der Waals surface area contributed by atoms with Gasteiger partial charge in [0.25, 0.3) is 5.91 Å². The van der Waals surface area contributed by atoms with E-state index in [2.05, 4.69) is 10.6 Å². The normalized spacial score (nSPS) is 19.1. The van der Waals surface area contributed by atoms with Crippen molar-refractivity contribution in [2.45, 2.75) is 44.1 Å². The van der Waals surface area contributed by atoms with Gasteiger partial charge in [-0.05, 0) is 48.7 Å². The number of ether oxygens (including phenoxy) is 1. The maximum atomic E-state index is 13.6. The van der Waals surface area contributed by atoms with Gasteiger partial charge in [-0.1, -0.05) is 6.07 Å². The molecule has 2 aromatic carbocycles. The summed E-state index contributed by atoms with van der Waals surface area (Å²) in [5, 5.41) is 4.96. The minimum absolute atomic E-state index is 0.0201. The second-order valence-electron chi connectivity index (χ2n) is 9.18. The zero-order valence-electron chi connectivity index (χ0n) is 20.7. The molecule has 1 heterocycles. The summed E-state index contributed by atoms with van der Waals surface area (Å²) < 4.78 is 73.4. The number of imide groups is 1. The lowest BCUT2D eigenvalue weighted by molar-refractivity contribution is -0.187. The van der Waals surface area contributed by atoms with E-state index in [1.54, 1.807) is 6.07 Å². The number of nitrogens with zero attached hydrogens (tertiary/aromatic N) is 2. The van der Waals surface area contributed by atoms with Crippen LogP contribution in [0.3, 0.4) is 0 Å². The second-order valence-corrected chi connectivity index (χ2v) is 9.18. The molecule has 1 saturated heterocycles. The quantitative estimate of drug-likeness (QED) is 0.528. The van der Waals surface area contributed by atoms with E-state index in [0.717, 1.165) is 12.1 Å². The Morgan fingerprint density at radius 2 is 1.79 bits per heavy atom. The zero-order valence-corrected chi connectivity index (χ0v) is 20.7. The Morgan fingerprint density at radius 1 is 1.13 bits per heavy atom. The highest BCUT2D eigenvalue weighted by molar-refractivity contribution is 6.06. The van der Waals surface area contributed by atoms with Crippen molar-refractivity contribution in [3.63, 3.8) is 0 Å². The predicted octanol–water partition coefficient (Wildman–Crippen LogP) is 3.82. The highest BCUT2D eigenvalue weighted by Crippen LogP contribution is 2.46. The molecule has 39 heavy (non-hydrogen) atoms. The summed E-state index contributed by atoms with van der Waals surface area (Å²) in [5.41, 5.74) is -0.688. The van der Waals surface area contributed by atoms with Gasteiger partial charge in [0.1, 0.15) is 24.2 Å². The first-order valence-electron chi connectivity index (χ1n) is 11.7. The van der Waals surface area contributed by atoms with Crippen molar-refractivity contribution in [2.24, 2.45) is 0 Å². The number of alkyl halides is 3. The Bertz CT molecular complexity index is 1330. The summed E-state index contributed by atoms with van der Waals surface area (Å²) >= 11 is 0. The van der Waals surface area contributed by atoms with Crippen LogP contribution in [-0.2, 0) is 32.9 Å². The van der Waals surface area contributed by atoms with E-state index in [1.807, 2.05) is 0 Å². The van der Waals surface area contributed by atoms with E-state index in [-0.39, 0.29) is 18.4 Å². The minimum atomic E-state index is -4.91. The lowest BCUT2D eigenvalue weighted by Crippen LogP contribution is -2.51. The van der Waals surface area contributed by atoms with Gasteiger partial charge in [0.15, 0.2) is 0 Å². The summed E-state index contributed by atoms with van der Waals surface area (Å²) in [4.78, 5) is 51.5. The number of carbonyl (C=O) groups is 4. The molecule has 1 unspecified atom stereocenters. The Kier molecular flexibility index (Phi) is 7.23. The van der Waals surface area contributed by atoms with Crippen molar-refractivity contribution in [1.29, 1.82) is 0 Å². The van der Waals surface area contributed by atoms with E-state index in [1.165, 1.54) is 19.2 Å². The molecule has 1 fully saturated rings. The molecular weight excluding hydrogens is 531 g/mol. The Hall–Kier alpha value is -4.23. The summed E-state index contributed by atoms with van der Waals surface area (Å²) in [6.07, 6.45) is -5.83.